The first-order valence-electron chi connectivity index (χ1n) is 5.86. The van der Waals surface area contributed by atoms with Crippen LogP contribution in [0.25, 0.3) is 0 Å². The van der Waals surface area contributed by atoms with E-state index < -0.39 is 0 Å². The highest BCUT2D eigenvalue weighted by Gasteiger charge is 2.21. The van der Waals surface area contributed by atoms with Crippen molar-refractivity contribution in [2.45, 2.75) is 13.0 Å². The molecule has 0 saturated carbocycles. The molecule has 1 aliphatic rings. The highest BCUT2D eigenvalue weighted by molar-refractivity contribution is 9.10. The van der Waals surface area contributed by atoms with Gasteiger partial charge in [-0.2, -0.15) is 0 Å². The lowest BCUT2D eigenvalue weighted by Crippen LogP contribution is -2.25. The molecule has 3 rings (SSSR count). The molecule has 92 valence electrons. The van der Waals surface area contributed by atoms with Crippen LogP contribution in [0.4, 0.5) is 0 Å². The van der Waals surface area contributed by atoms with E-state index in [-0.39, 0.29) is 5.78 Å². The van der Waals surface area contributed by atoms with Crippen LogP contribution in [-0.2, 0) is 13.0 Å². The minimum atomic E-state index is -0.0503. The molecule has 0 unspecified atom stereocenters. The summed E-state index contributed by atoms with van der Waals surface area (Å²) in [4.78, 5) is 12.5. The van der Waals surface area contributed by atoms with E-state index in [2.05, 4.69) is 27.3 Å². The Morgan fingerprint density at radius 2 is 2.22 bits per heavy atom. The molecule has 4 heteroatoms. The largest absolute Gasteiger partial charge is 0.460 e. The summed E-state index contributed by atoms with van der Waals surface area (Å²) in [5, 5.41) is 3.31. The van der Waals surface area contributed by atoms with Crippen molar-refractivity contribution >= 4 is 21.7 Å². The molecule has 0 atom stereocenters. The highest BCUT2D eigenvalue weighted by atomic mass is 79.9. The van der Waals surface area contributed by atoms with Gasteiger partial charge in [0.1, 0.15) is 0 Å². The molecule has 0 spiro atoms. The maximum Gasteiger partial charge on any atom is 0.229 e. The van der Waals surface area contributed by atoms with E-state index in [0.29, 0.717) is 10.2 Å². The first kappa shape index (κ1) is 11.7. The molecule has 0 saturated heterocycles. The third-order valence-electron chi connectivity index (χ3n) is 3.21. The predicted molar refractivity (Wildman–Crippen MR) is 71.7 cm³/mol. The fraction of sp³-hybridized carbons (Fsp3) is 0.214. The van der Waals surface area contributed by atoms with Crippen LogP contribution in [-0.4, -0.2) is 12.3 Å². The van der Waals surface area contributed by atoms with Gasteiger partial charge in [0.15, 0.2) is 5.76 Å². The number of benzene rings is 1. The van der Waals surface area contributed by atoms with Gasteiger partial charge in [-0.05, 0) is 46.1 Å². The Bertz CT molecular complexity index is 604. The van der Waals surface area contributed by atoms with Crippen LogP contribution in [0.2, 0.25) is 0 Å². The molecular formula is C14H12BrNO2. The number of halogens is 1. The zero-order valence-corrected chi connectivity index (χ0v) is 11.3. The predicted octanol–water partition coefficient (Wildman–Crippen LogP) is 2.92. The minimum Gasteiger partial charge on any atom is -0.460 e. The van der Waals surface area contributed by atoms with Crippen LogP contribution in [0.3, 0.4) is 0 Å². The zero-order chi connectivity index (χ0) is 12.5. The molecule has 1 N–H and O–H groups in total. The third kappa shape index (κ3) is 1.91. The topological polar surface area (TPSA) is 42.2 Å². The van der Waals surface area contributed by atoms with E-state index in [1.807, 2.05) is 12.1 Å². The second kappa shape index (κ2) is 4.71. The molecule has 0 fully saturated rings. The number of furan rings is 1. The number of ketones is 1. The first-order valence-corrected chi connectivity index (χ1v) is 6.66. The number of carbonyl (C=O) groups is 1. The van der Waals surface area contributed by atoms with E-state index >= 15 is 0 Å². The molecule has 18 heavy (non-hydrogen) atoms. The lowest BCUT2D eigenvalue weighted by atomic mass is 9.92. The van der Waals surface area contributed by atoms with E-state index in [9.17, 15) is 4.79 Å². The van der Waals surface area contributed by atoms with Crippen molar-refractivity contribution in [3.05, 3.63) is 57.5 Å². The molecule has 2 heterocycles. The molecule has 1 aliphatic heterocycles. The van der Waals surface area contributed by atoms with Gasteiger partial charge in [-0.15, -0.1) is 0 Å². The molecule has 1 aromatic heterocycles. The van der Waals surface area contributed by atoms with E-state index in [1.165, 1.54) is 11.8 Å². The van der Waals surface area contributed by atoms with Crippen molar-refractivity contribution < 1.29 is 9.21 Å². The Morgan fingerprint density at radius 3 is 3.00 bits per heavy atom. The maximum absolute atomic E-state index is 12.5. The second-order valence-electron chi connectivity index (χ2n) is 4.30. The van der Waals surface area contributed by atoms with Crippen LogP contribution < -0.4 is 5.32 Å². The highest BCUT2D eigenvalue weighted by Crippen LogP contribution is 2.25. The average Bonchev–Trinajstić information content (AvgIpc) is 2.83. The van der Waals surface area contributed by atoms with Gasteiger partial charge in [0, 0.05) is 12.1 Å². The maximum atomic E-state index is 12.5. The number of carbonyl (C=O) groups excluding carboxylic acids is 1. The summed E-state index contributed by atoms with van der Waals surface area (Å²) in [6.45, 7) is 1.74. The Morgan fingerprint density at radius 1 is 1.33 bits per heavy atom. The number of fused-ring (bicyclic) bond motifs is 1. The number of rotatable bonds is 2. The quantitative estimate of drug-likeness (QED) is 0.868. The zero-order valence-electron chi connectivity index (χ0n) is 9.70. The summed E-state index contributed by atoms with van der Waals surface area (Å²) in [5.74, 6) is 0.326. The molecule has 2 aromatic rings. The molecule has 1 aromatic carbocycles. The molecule has 0 amide bonds. The summed E-state index contributed by atoms with van der Waals surface area (Å²) in [7, 11) is 0. The Kier molecular flexibility index (Phi) is 3.06. The van der Waals surface area contributed by atoms with Gasteiger partial charge in [-0.25, -0.2) is 0 Å². The Labute approximate surface area is 113 Å². The number of hydrogen-bond acceptors (Lipinski definition) is 3. The van der Waals surface area contributed by atoms with E-state index in [0.717, 1.165) is 30.6 Å². The molecule has 0 aliphatic carbocycles. The monoisotopic (exact) mass is 305 g/mol. The van der Waals surface area contributed by atoms with Crippen molar-refractivity contribution in [3.8, 4) is 0 Å². The van der Waals surface area contributed by atoms with Crippen molar-refractivity contribution in [1.82, 2.24) is 5.32 Å². The van der Waals surface area contributed by atoms with Crippen molar-refractivity contribution in [2.24, 2.45) is 0 Å². The molecule has 0 bridgehead atoms. The SMILES string of the molecule is O=C(c1cccc2c1CCNC2)c1occc1Br. The fourth-order valence-electron chi connectivity index (χ4n) is 2.32. The van der Waals surface area contributed by atoms with Crippen molar-refractivity contribution in [3.63, 3.8) is 0 Å². The molecular weight excluding hydrogens is 294 g/mol. The summed E-state index contributed by atoms with van der Waals surface area (Å²) >= 11 is 3.33. The van der Waals surface area contributed by atoms with E-state index in [4.69, 9.17) is 4.42 Å². The summed E-state index contributed by atoms with van der Waals surface area (Å²) in [6, 6.07) is 7.61. The number of nitrogens with one attached hydrogen (secondary N) is 1. The van der Waals surface area contributed by atoms with Crippen LogP contribution in [0, 0.1) is 0 Å². The van der Waals surface area contributed by atoms with Crippen LogP contribution in [0.15, 0.2) is 39.4 Å². The lowest BCUT2D eigenvalue weighted by molar-refractivity contribution is 0.101. The van der Waals surface area contributed by atoms with Crippen LogP contribution in [0.5, 0.6) is 0 Å². The second-order valence-corrected chi connectivity index (χ2v) is 5.15. The van der Waals surface area contributed by atoms with Crippen LogP contribution in [0.1, 0.15) is 27.2 Å². The third-order valence-corrected chi connectivity index (χ3v) is 3.83. The summed E-state index contributed by atoms with van der Waals surface area (Å²) in [6.07, 6.45) is 2.41. The van der Waals surface area contributed by atoms with Crippen molar-refractivity contribution in [1.29, 1.82) is 0 Å². The summed E-state index contributed by atoms with van der Waals surface area (Å²) in [5.41, 5.74) is 3.10. The Hall–Kier alpha value is -1.39. The molecule has 0 radical (unpaired) electrons. The van der Waals surface area contributed by atoms with Gasteiger partial charge in [-0.3, -0.25) is 4.79 Å². The first-order chi connectivity index (χ1) is 8.77. The van der Waals surface area contributed by atoms with Gasteiger partial charge in [0.2, 0.25) is 5.78 Å². The smallest absolute Gasteiger partial charge is 0.229 e. The normalized spacial score (nSPS) is 14.3. The van der Waals surface area contributed by atoms with Gasteiger partial charge in [0.05, 0.1) is 10.7 Å². The van der Waals surface area contributed by atoms with Gasteiger partial charge >= 0.3 is 0 Å². The Balaban J connectivity index is 2.07. The lowest BCUT2D eigenvalue weighted by Gasteiger charge is -2.19. The number of hydrogen-bond donors (Lipinski definition) is 1. The van der Waals surface area contributed by atoms with Gasteiger partial charge < -0.3 is 9.73 Å². The average molecular weight is 306 g/mol. The molecule has 3 nitrogen and oxygen atoms in total. The summed E-state index contributed by atoms with van der Waals surface area (Å²) < 4.78 is 5.97. The standard InChI is InChI=1S/C14H12BrNO2/c15-12-5-7-18-14(12)13(17)11-3-1-2-9-8-16-6-4-10(9)11/h1-3,5,7,16H,4,6,8H2. The van der Waals surface area contributed by atoms with Crippen molar-refractivity contribution in [2.75, 3.05) is 6.54 Å². The van der Waals surface area contributed by atoms with Gasteiger partial charge in [0.25, 0.3) is 0 Å². The van der Waals surface area contributed by atoms with Gasteiger partial charge in [-0.1, -0.05) is 18.2 Å². The van der Waals surface area contributed by atoms with Crippen LogP contribution >= 0.6 is 15.9 Å². The minimum absolute atomic E-state index is 0.0503. The van der Waals surface area contributed by atoms with E-state index in [1.54, 1.807) is 6.07 Å². The fourth-order valence-corrected chi connectivity index (χ4v) is 2.70.